The van der Waals surface area contributed by atoms with E-state index in [1.165, 1.54) is 12.4 Å². The second kappa shape index (κ2) is 23.1. The molecule has 2 aliphatic rings. The zero-order chi connectivity index (χ0) is 51.1. The fourth-order valence-corrected chi connectivity index (χ4v) is 10.6. The van der Waals surface area contributed by atoms with Gasteiger partial charge >= 0.3 is 0 Å². The van der Waals surface area contributed by atoms with Crippen LogP contribution in [0.1, 0.15) is 77.1 Å². The fraction of sp³-hybridized carbons (Fsp3) is 0.426. The third-order valence-corrected chi connectivity index (χ3v) is 14.7. The molecule has 0 spiro atoms. The smallest absolute Gasteiger partial charge is 0.246 e. The zero-order valence-corrected chi connectivity index (χ0v) is 43.0. The molecule has 2 saturated heterocycles. The summed E-state index contributed by atoms with van der Waals surface area (Å²) in [5, 5.41) is 18.5. The summed E-state index contributed by atoms with van der Waals surface area (Å²) in [5.41, 5.74) is 4.93. The number of unbranched alkanes of at least 4 members (excludes halogenated alkanes) is 1. The molecule has 2 aliphatic heterocycles. The Balaban J connectivity index is 0.727. The van der Waals surface area contributed by atoms with Crippen molar-refractivity contribution in [3.8, 4) is 27.3 Å². The summed E-state index contributed by atoms with van der Waals surface area (Å²) in [6.45, 7) is 12.5. The molecule has 380 valence electrons. The Morgan fingerprint density at radius 2 is 1.65 bits per heavy atom. The van der Waals surface area contributed by atoms with Crippen LogP contribution in [0.2, 0.25) is 5.02 Å². The number of rotatable bonds is 18. The number of fused-ring (bicyclic) bond motifs is 2. The number of anilines is 1. The number of carbonyl (C=O) groups excluding carboxylic acids is 4. The maximum Gasteiger partial charge on any atom is 0.246 e. The van der Waals surface area contributed by atoms with Gasteiger partial charge in [0.15, 0.2) is 5.82 Å². The minimum atomic E-state index is -0.872. The van der Waals surface area contributed by atoms with E-state index in [0.717, 1.165) is 32.5 Å². The van der Waals surface area contributed by atoms with Crippen molar-refractivity contribution in [1.29, 1.82) is 0 Å². The SMILES string of the molecule is Cc1ncsc1-c1ccc([C@H](C)NC(=O)[C@@H]2CCCN2C(=O)[C@@H](NC(=O)COCCOCCCCC(=O)N2CCN(c3ncnc4c(F)c(-c5cc(O)cc6ccccc56)c(Cl)cc34)CC2)C(C)(C)C)cc1. The number of benzene rings is 4. The van der Waals surface area contributed by atoms with E-state index >= 15 is 4.39 Å². The molecule has 4 amide bonds. The second-order valence-corrected chi connectivity index (χ2v) is 20.8. The lowest BCUT2D eigenvalue weighted by Gasteiger charge is -2.36. The maximum absolute atomic E-state index is 16.3. The zero-order valence-electron chi connectivity index (χ0n) is 41.4. The molecule has 72 heavy (non-hydrogen) atoms. The van der Waals surface area contributed by atoms with Crippen LogP contribution in [0.15, 0.2) is 78.6 Å². The third-order valence-electron chi connectivity index (χ3n) is 13.4. The molecule has 0 aliphatic carbocycles. The van der Waals surface area contributed by atoms with Gasteiger partial charge in [0.05, 0.1) is 40.4 Å². The van der Waals surface area contributed by atoms with E-state index in [1.807, 2.05) is 98.5 Å². The Morgan fingerprint density at radius 1 is 0.903 bits per heavy atom. The van der Waals surface area contributed by atoms with Crippen LogP contribution >= 0.6 is 22.9 Å². The normalized spacial score (nSPS) is 16.0. The summed E-state index contributed by atoms with van der Waals surface area (Å²) in [7, 11) is 0. The quantitative estimate of drug-likeness (QED) is 0.0702. The minimum Gasteiger partial charge on any atom is -0.508 e. The summed E-state index contributed by atoms with van der Waals surface area (Å²) in [6.07, 6.45) is 4.21. The van der Waals surface area contributed by atoms with Gasteiger partial charge in [-0.25, -0.2) is 19.3 Å². The van der Waals surface area contributed by atoms with Gasteiger partial charge in [-0.2, -0.15) is 0 Å². The molecule has 18 heteroatoms. The molecule has 3 N–H and O–H groups in total. The van der Waals surface area contributed by atoms with Crippen LogP contribution in [-0.4, -0.2) is 125 Å². The van der Waals surface area contributed by atoms with Gasteiger partial charge in [-0.15, -0.1) is 11.3 Å². The monoisotopic (exact) mass is 1020 g/mol. The molecule has 2 aromatic heterocycles. The van der Waals surface area contributed by atoms with Crippen molar-refractivity contribution in [2.45, 2.75) is 84.8 Å². The number of phenols is 1. The molecule has 0 saturated carbocycles. The summed E-state index contributed by atoms with van der Waals surface area (Å²) in [4.78, 5) is 73.6. The van der Waals surface area contributed by atoms with Crippen molar-refractivity contribution in [2.24, 2.45) is 5.41 Å². The van der Waals surface area contributed by atoms with Gasteiger partial charge in [0.25, 0.3) is 0 Å². The fourth-order valence-electron chi connectivity index (χ4n) is 9.52. The van der Waals surface area contributed by atoms with Crippen molar-refractivity contribution < 1.29 is 38.1 Å². The lowest BCUT2D eigenvalue weighted by molar-refractivity contribution is -0.144. The number of ether oxygens (including phenoxy) is 2. The number of halogens is 2. The minimum absolute atomic E-state index is 0.00258. The topological polar surface area (TPSA) is 179 Å². The standard InChI is InChI=1S/C54H62ClFN8O7S/c1-33(35-15-17-36(18-16-35)49-34(2)59-32-72-49)60-52(68)43-13-10-19-64(43)53(69)50(54(3,4)5)61-44(66)30-71-26-25-70-24-9-8-14-45(67)62-20-22-63(23-21-62)51-41-29-42(55)46(47(56)48(41)57-31-58-51)40-28-38(65)27-37-11-6-7-12-39(37)40/h6-7,11-12,15-18,27-29,31-33,43,50,65H,8-10,13-14,19-26,30H2,1-5H3,(H,60,68)(H,61,66)/t33-,43-,50+/m0/s1. The lowest BCUT2D eigenvalue weighted by atomic mass is 9.85. The Hall–Kier alpha value is -6.27. The van der Waals surface area contributed by atoms with Crippen molar-refractivity contribution >= 4 is 74.1 Å². The predicted octanol–water partition coefficient (Wildman–Crippen LogP) is 8.63. The van der Waals surface area contributed by atoms with Crippen molar-refractivity contribution in [3.63, 3.8) is 0 Å². The number of hydrogen-bond donors (Lipinski definition) is 3. The highest BCUT2D eigenvalue weighted by Gasteiger charge is 2.42. The Bertz CT molecular complexity index is 2920. The summed E-state index contributed by atoms with van der Waals surface area (Å²) in [6, 6.07) is 18.5. The molecule has 0 radical (unpaired) electrons. The lowest BCUT2D eigenvalue weighted by Crippen LogP contribution is -2.58. The molecule has 3 atom stereocenters. The van der Waals surface area contributed by atoms with Crippen LogP contribution in [0.3, 0.4) is 0 Å². The number of carbonyl (C=O) groups is 4. The molecule has 8 rings (SSSR count). The number of thiazole rings is 1. The van der Waals surface area contributed by atoms with Crippen LogP contribution in [0.5, 0.6) is 5.75 Å². The number of nitrogens with one attached hydrogen (secondary N) is 2. The molecular weight excluding hydrogens is 959 g/mol. The van der Waals surface area contributed by atoms with Crippen LogP contribution in [0, 0.1) is 18.2 Å². The average Bonchev–Trinajstić information content (AvgIpc) is 4.04. The first-order chi connectivity index (χ1) is 34.6. The van der Waals surface area contributed by atoms with Crippen molar-refractivity contribution in [1.82, 2.24) is 35.4 Å². The number of hydrogen-bond acceptors (Lipinski definition) is 12. The Morgan fingerprint density at radius 3 is 2.39 bits per heavy atom. The molecule has 0 bridgehead atoms. The number of phenolic OH excluding ortho intramolecular Hbond substituents is 1. The van der Waals surface area contributed by atoms with Crippen molar-refractivity contribution in [3.05, 3.63) is 101 Å². The van der Waals surface area contributed by atoms with Gasteiger partial charge in [0, 0.05) is 56.7 Å². The van der Waals surface area contributed by atoms with E-state index in [-0.39, 0.29) is 65.4 Å². The molecule has 4 aromatic carbocycles. The molecule has 15 nitrogen and oxygen atoms in total. The number of aromatic hydroxyl groups is 1. The van der Waals surface area contributed by atoms with Crippen LogP contribution in [-0.2, 0) is 28.7 Å². The number of nitrogens with zero attached hydrogens (tertiary/aromatic N) is 6. The first-order valence-electron chi connectivity index (χ1n) is 24.5. The number of aromatic nitrogens is 3. The second-order valence-electron chi connectivity index (χ2n) is 19.5. The van der Waals surface area contributed by atoms with Gasteiger partial charge in [-0.3, -0.25) is 19.2 Å². The summed E-state index contributed by atoms with van der Waals surface area (Å²) >= 11 is 8.37. The predicted molar refractivity (Wildman–Crippen MR) is 278 cm³/mol. The van der Waals surface area contributed by atoms with E-state index in [1.54, 1.807) is 28.4 Å². The highest BCUT2D eigenvalue weighted by atomic mass is 35.5. The Kier molecular flexibility index (Phi) is 16.7. The van der Waals surface area contributed by atoms with Gasteiger partial charge in [0.2, 0.25) is 23.6 Å². The summed E-state index contributed by atoms with van der Waals surface area (Å²) in [5.74, 6) is -0.995. The molecule has 4 heterocycles. The van der Waals surface area contributed by atoms with Crippen molar-refractivity contribution in [2.75, 3.05) is 64.1 Å². The van der Waals surface area contributed by atoms with E-state index in [9.17, 15) is 24.3 Å². The van der Waals surface area contributed by atoms with Crippen LogP contribution < -0.4 is 15.5 Å². The first-order valence-corrected chi connectivity index (χ1v) is 25.8. The number of likely N-dealkylation sites (tertiary alicyclic amines) is 1. The van der Waals surface area contributed by atoms with Gasteiger partial charge in [-0.1, -0.05) is 80.9 Å². The first kappa shape index (κ1) is 52.1. The van der Waals surface area contributed by atoms with E-state index in [2.05, 4.69) is 25.6 Å². The van der Waals surface area contributed by atoms with Crippen LogP contribution in [0.4, 0.5) is 10.2 Å². The highest BCUT2D eigenvalue weighted by molar-refractivity contribution is 7.13. The largest absolute Gasteiger partial charge is 0.508 e. The van der Waals surface area contributed by atoms with E-state index in [0.29, 0.717) is 88.2 Å². The van der Waals surface area contributed by atoms with E-state index < -0.39 is 29.2 Å². The van der Waals surface area contributed by atoms with Crippen LogP contribution in [0.25, 0.3) is 43.2 Å². The maximum atomic E-state index is 16.3. The van der Waals surface area contributed by atoms with Gasteiger partial charge in [-0.05, 0) is 90.6 Å². The highest BCUT2D eigenvalue weighted by Crippen LogP contribution is 2.42. The molecule has 2 fully saturated rings. The number of piperazine rings is 1. The molecule has 6 aromatic rings. The molecular formula is C54H62ClFN8O7S. The van der Waals surface area contributed by atoms with E-state index in [4.69, 9.17) is 21.1 Å². The summed E-state index contributed by atoms with van der Waals surface area (Å²) < 4.78 is 27.7. The number of amides is 4. The third kappa shape index (κ3) is 12.0. The van der Waals surface area contributed by atoms with Gasteiger partial charge < -0.3 is 39.9 Å². The number of aryl methyl sites for hydroxylation is 1. The average molecular weight is 1020 g/mol. The molecule has 0 unspecified atom stereocenters. The Labute approximate surface area is 428 Å². The van der Waals surface area contributed by atoms with Gasteiger partial charge in [0.1, 0.15) is 42.1 Å².